The standard InChI is InChI=1S/C14H19ClFNO2S/c15-13-9-12(7-8-14(13)16)20(18,19)17-10-11-5-3-1-2-4-6-11/h7-9,11,17H,1-6,10H2. The summed E-state index contributed by atoms with van der Waals surface area (Å²) in [5.74, 6) is -0.224. The average Bonchev–Trinajstić information content (AvgIpc) is 2.68. The van der Waals surface area contributed by atoms with E-state index in [1.165, 1.54) is 18.9 Å². The third kappa shape index (κ3) is 4.17. The van der Waals surface area contributed by atoms with Gasteiger partial charge in [-0.2, -0.15) is 0 Å². The van der Waals surface area contributed by atoms with Crippen molar-refractivity contribution >= 4 is 21.6 Å². The quantitative estimate of drug-likeness (QED) is 0.860. The first-order valence-electron chi connectivity index (χ1n) is 6.94. The van der Waals surface area contributed by atoms with Gasteiger partial charge in [0, 0.05) is 6.54 Å². The second kappa shape index (κ2) is 6.87. The van der Waals surface area contributed by atoms with Crippen LogP contribution in [0.3, 0.4) is 0 Å². The molecule has 1 aliphatic rings. The van der Waals surface area contributed by atoms with Crippen molar-refractivity contribution in [2.75, 3.05) is 6.54 Å². The Morgan fingerprint density at radius 1 is 1.20 bits per heavy atom. The van der Waals surface area contributed by atoms with Crippen LogP contribution in [-0.2, 0) is 10.0 Å². The number of hydrogen-bond acceptors (Lipinski definition) is 2. The lowest BCUT2D eigenvalue weighted by Gasteiger charge is -2.15. The molecule has 0 saturated heterocycles. The summed E-state index contributed by atoms with van der Waals surface area (Å²) >= 11 is 5.62. The number of hydrogen-bond donors (Lipinski definition) is 1. The van der Waals surface area contributed by atoms with Crippen LogP contribution in [0.5, 0.6) is 0 Å². The van der Waals surface area contributed by atoms with Gasteiger partial charge in [-0.15, -0.1) is 0 Å². The molecule has 0 bridgehead atoms. The fraction of sp³-hybridized carbons (Fsp3) is 0.571. The van der Waals surface area contributed by atoms with Gasteiger partial charge in [-0.25, -0.2) is 17.5 Å². The highest BCUT2D eigenvalue weighted by Gasteiger charge is 2.19. The monoisotopic (exact) mass is 319 g/mol. The van der Waals surface area contributed by atoms with Crippen molar-refractivity contribution in [3.05, 3.63) is 29.0 Å². The largest absolute Gasteiger partial charge is 0.240 e. The fourth-order valence-electron chi connectivity index (χ4n) is 2.52. The maximum atomic E-state index is 13.1. The average molecular weight is 320 g/mol. The van der Waals surface area contributed by atoms with Crippen LogP contribution in [-0.4, -0.2) is 15.0 Å². The Labute approximate surface area is 124 Å². The van der Waals surface area contributed by atoms with Crippen molar-refractivity contribution in [3.63, 3.8) is 0 Å². The molecule has 0 radical (unpaired) electrons. The molecule has 1 aromatic carbocycles. The summed E-state index contributed by atoms with van der Waals surface area (Å²) < 4.78 is 39.9. The molecule has 0 spiro atoms. The molecule has 0 amide bonds. The molecule has 6 heteroatoms. The van der Waals surface area contributed by atoms with Crippen LogP contribution in [0, 0.1) is 11.7 Å². The third-order valence-electron chi connectivity index (χ3n) is 3.74. The highest BCUT2D eigenvalue weighted by molar-refractivity contribution is 7.89. The molecule has 1 N–H and O–H groups in total. The van der Waals surface area contributed by atoms with Gasteiger partial charge in [-0.05, 0) is 37.0 Å². The fourth-order valence-corrected chi connectivity index (χ4v) is 3.91. The Hall–Kier alpha value is -0.650. The van der Waals surface area contributed by atoms with Crippen LogP contribution in [0.4, 0.5) is 4.39 Å². The molecular weight excluding hydrogens is 301 g/mol. The summed E-state index contributed by atoms with van der Waals surface area (Å²) in [6, 6.07) is 3.45. The van der Waals surface area contributed by atoms with E-state index in [1.807, 2.05) is 0 Å². The van der Waals surface area contributed by atoms with Crippen molar-refractivity contribution in [2.45, 2.75) is 43.4 Å². The molecule has 0 aliphatic heterocycles. The molecule has 0 aromatic heterocycles. The first-order chi connectivity index (χ1) is 9.49. The number of sulfonamides is 1. The van der Waals surface area contributed by atoms with E-state index in [0.29, 0.717) is 12.5 Å². The minimum absolute atomic E-state index is 0.0116. The predicted octanol–water partition coefficient (Wildman–Crippen LogP) is 3.73. The number of benzene rings is 1. The molecule has 2 rings (SSSR count). The van der Waals surface area contributed by atoms with Crippen molar-refractivity contribution < 1.29 is 12.8 Å². The Bertz CT molecular complexity index is 554. The highest BCUT2D eigenvalue weighted by atomic mass is 35.5. The van der Waals surface area contributed by atoms with E-state index in [-0.39, 0.29) is 9.92 Å². The lowest BCUT2D eigenvalue weighted by atomic mass is 10.0. The van der Waals surface area contributed by atoms with Gasteiger partial charge < -0.3 is 0 Å². The molecule has 1 aliphatic carbocycles. The minimum Gasteiger partial charge on any atom is -0.211 e. The summed E-state index contributed by atoms with van der Waals surface area (Å²) in [4.78, 5) is 0.0116. The van der Waals surface area contributed by atoms with Crippen LogP contribution in [0.15, 0.2) is 23.1 Å². The van der Waals surface area contributed by atoms with Crippen LogP contribution in [0.2, 0.25) is 5.02 Å². The number of nitrogens with one attached hydrogen (secondary N) is 1. The number of rotatable bonds is 4. The van der Waals surface area contributed by atoms with Crippen molar-refractivity contribution in [1.29, 1.82) is 0 Å². The molecule has 1 fully saturated rings. The van der Waals surface area contributed by atoms with Crippen molar-refractivity contribution in [1.82, 2.24) is 4.72 Å². The summed E-state index contributed by atoms with van der Waals surface area (Å²) in [5.41, 5.74) is 0. The van der Waals surface area contributed by atoms with Crippen LogP contribution in [0.25, 0.3) is 0 Å². The van der Waals surface area contributed by atoms with Crippen molar-refractivity contribution in [2.24, 2.45) is 5.92 Å². The molecule has 1 aromatic rings. The van der Waals surface area contributed by atoms with Crippen LogP contribution in [0.1, 0.15) is 38.5 Å². The highest BCUT2D eigenvalue weighted by Crippen LogP contribution is 2.23. The predicted molar refractivity (Wildman–Crippen MR) is 77.8 cm³/mol. The van der Waals surface area contributed by atoms with Gasteiger partial charge in [0.1, 0.15) is 5.82 Å². The summed E-state index contributed by atoms with van der Waals surface area (Å²) in [5, 5.41) is -0.178. The molecular formula is C14H19ClFNO2S. The summed E-state index contributed by atoms with van der Waals surface area (Å²) in [7, 11) is -3.61. The lowest BCUT2D eigenvalue weighted by molar-refractivity contribution is 0.451. The zero-order valence-corrected chi connectivity index (χ0v) is 12.8. The van der Waals surface area contributed by atoms with E-state index < -0.39 is 15.8 Å². The SMILES string of the molecule is O=S(=O)(NCC1CCCCCC1)c1ccc(F)c(Cl)c1. The Kier molecular flexibility index (Phi) is 5.41. The van der Waals surface area contributed by atoms with Gasteiger partial charge in [0.15, 0.2) is 0 Å². The van der Waals surface area contributed by atoms with E-state index in [0.717, 1.165) is 37.8 Å². The first-order valence-corrected chi connectivity index (χ1v) is 8.80. The molecule has 0 unspecified atom stereocenters. The van der Waals surface area contributed by atoms with Gasteiger partial charge in [0.05, 0.1) is 9.92 Å². The second-order valence-corrected chi connectivity index (χ2v) is 7.46. The Balaban J connectivity index is 2.01. The van der Waals surface area contributed by atoms with Gasteiger partial charge in [0.2, 0.25) is 10.0 Å². The lowest BCUT2D eigenvalue weighted by Crippen LogP contribution is -2.29. The zero-order chi connectivity index (χ0) is 14.6. The van der Waals surface area contributed by atoms with E-state index in [4.69, 9.17) is 11.6 Å². The number of halogens is 2. The molecule has 20 heavy (non-hydrogen) atoms. The zero-order valence-electron chi connectivity index (χ0n) is 11.2. The van der Waals surface area contributed by atoms with E-state index in [9.17, 15) is 12.8 Å². The second-order valence-electron chi connectivity index (χ2n) is 5.29. The maximum Gasteiger partial charge on any atom is 0.240 e. The summed E-state index contributed by atoms with van der Waals surface area (Å²) in [6.07, 6.45) is 6.91. The maximum absolute atomic E-state index is 13.1. The molecule has 112 valence electrons. The van der Waals surface area contributed by atoms with E-state index in [2.05, 4.69) is 4.72 Å². The Morgan fingerprint density at radius 3 is 2.45 bits per heavy atom. The molecule has 0 atom stereocenters. The smallest absolute Gasteiger partial charge is 0.211 e. The minimum atomic E-state index is -3.61. The van der Waals surface area contributed by atoms with Crippen LogP contribution >= 0.6 is 11.6 Å². The Morgan fingerprint density at radius 2 is 1.85 bits per heavy atom. The van der Waals surface area contributed by atoms with Crippen LogP contribution < -0.4 is 4.72 Å². The molecule has 3 nitrogen and oxygen atoms in total. The van der Waals surface area contributed by atoms with Gasteiger partial charge in [-0.3, -0.25) is 0 Å². The topological polar surface area (TPSA) is 46.2 Å². The first kappa shape index (κ1) is 15.7. The normalized spacial score (nSPS) is 17.9. The van der Waals surface area contributed by atoms with Gasteiger partial charge >= 0.3 is 0 Å². The molecule has 0 heterocycles. The third-order valence-corrected chi connectivity index (χ3v) is 5.45. The van der Waals surface area contributed by atoms with Gasteiger partial charge in [-0.1, -0.05) is 37.3 Å². The molecule has 1 saturated carbocycles. The van der Waals surface area contributed by atoms with E-state index >= 15 is 0 Å². The van der Waals surface area contributed by atoms with Crippen molar-refractivity contribution in [3.8, 4) is 0 Å². The van der Waals surface area contributed by atoms with E-state index in [1.54, 1.807) is 0 Å². The summed E-state index contributed by atoms with van der Waals surface area (Å²) in [6.45, 7) is 0.442. The van der Waals surface area contributed by atoms with Gasteiger partial charge in [0.25, 0.3) is 0 Å².